The van der Waals surface area contributed by atoms with Gasteiger partial charge < -0.3 is 9.72 Å². The molecule has 0 bridgehead atoms. The molecule has 1 aromatic heterocycles. The lowest BCUT2D eigenvalue weighted by molar-refractivity contribution is 0.105. The van der Waals surface area contributed by atoms with Crippen molar-refractivity contribution in [1.29, 1.82) is 0 Å². The summed E-state index contributed by atoms with van der Waals surface area (Å²) in [6, 6.07) is 5.19. The summed E-state index contributed by atoms with van der Waals surface area (Å²) in [5.41, 5.74) is 0.381. The van der Waals surface area contributed by atoms with Gasteiger partial charge in [0.1, 0.15) is 11.9 Å². The van der Waals surface area contributed by atoms with E-state index in [1.165, 1.54) is 0 Å². The van der Waals surface area contributed by atoms with E-state index in [1.54, 1.807) is 18.2 Å². The molecule has 0 radical (unpaired) electrons. The molecule has 17 heavy (non-hydrogen) atoms. The Morgan fingerprint density at radius 2 is 2.35 bits per heavy atom. The number of H-pyrrole nitrogens is 1. The van der Waals surface area contributed by atoms with E-state index in [2.05, 4.69) is 9.97 Å². The summed E-state index contributed by atoms with van der Waals surface area (Å²) in [4.78, 5) is 19.1. The molecule has 0 unspecified atom stereocenters. The van der Waals surface area contributed by atoms with Crippen LogP contribution in [0.3, 0.4) is 0 Å². The molecule has 0 aliphatic carbocycles. The van der Waals surface area contributed by atoms with Crippen LogP contribution in [0.15, 0.2) is 23.0 Å². The number of rotatable bonds is 1. The molecule has 0 saturated carbocycles. The van der Waals surface area contributed by atoms with E-state index in [0.29, 0.717) is 21.7 Å². The minimum atomic E-state index is -0.164. The number of para-hydroxylation sites is 1. The molecular formula is C12H11ClN2O2. The molecule has 1 N–H and O–H groups in total. The molecule has 1 fully saturated rings. The summed E-state index contributed by atoms with van der Waals surface area (Å²) in [7, 11) is 0. The fourth-order valence-corrected chi connectivity index (χ4v) is 2.31. The first-order valence-electron chi connectivity index (χ1n) is 5.56. The van der Waals surface area contributed by atoms with Crippen LogP contribution in [0.1, 0.15) is 24.8 Å². The van der Waals surface area contributed by atoms with Crippen molar-refractivity contribution >= 4 is 22.5 Å². The monoisotopic (exact) mass is 250 g/mol. The Morgan fingerprint density at radius 3 is 3.12 bits per heavy atom. The van der Waals surface area contributed by atoms with E-state index in [-0.39, 0.29) is 11.7 Å². The minimum Gasteiger partial charge on any atom is -0.370 e. The molecule has 3 rings (SSSR count). The number of halogens is 1. The summed E-state index contributed by atoms with van der Waals surface area (Å²) < 4.78 is 5.51. The van der Waals surface area contributed by atoms with Crippen LogP contribution < -0.4 is 5.56 Å². The van der Waals surface area contributed by atoms with E-state index >= 15 is 0 Å². The highest BCUT2D eigenvalue weighted by Gasteiger charge is 2.21. The first-order chi connectivity index (χ1) is 8.25. The number of fused-ring (bicyclic) bond motifs is 1. The van der Waals surface area contributed by atoms with Gasteiger partial charge in [-0.15, -0.1) is 0 Å². The zero-order valence-electron chi connectivity index (χ0n) is 9.07. The normalized spacial score (nSPS) is 19.9. The average molecular weight is 251 g/mol. The molecule has 0 spiro atoms. The second kappa shape index (κ2) is 4.13. The number of hydrogen-bond donors (Lipinski definition) is 1. The van der Waals surface area contributed by atoms with Gasteiger partial charge in [0, 0.05) is 6.61 Å². The van der Waals surface area contributed by atoms with Crippen LogP contribution in [0.25, 0.3) is 10.9 Å². The first kappa shape index (κ1) is 10.7. The van der Waals surface area contributed by atoms with Crippen LogP contribution in [0.5, 0.6) is 0 Å². The number of ether oxygens (including phenoxy) is 1. The van der Waals surface area contributed by atoms with Crippen molar-refractivity contribution in [2.75, 3.05) is 6.61 Å². The van der Waals surface area contributed by atoms with E-state index in [1.807, 2.05) is 0 Å². The zero-order chi connectivity index (χ0) is 11.8. The second-order valence-electron chi connectivity index (χ2n) is 4.09. The average Bonchev–Trinajstić information content (AvgIpc) is 2.84. The number of aromatic amines is 1. The predicted octanol–water partition coefficient (Wildman–Crippen LogP) is 2.43. The van der Waals surface area contributed by atoms with Crippen LogP contribution in [-0.4, -0.2) is 16.6 Å². The summed E-state index contributed by atoms with van der Waals surface area (Å²) >= 11 is 6.05. The molecule has 0 amide bonds. The topological polar surface area (TPSA) is 55.0 Å². The fraction of sp³-hybridized carbons (Fsp3) is 0.333. The highest BCUT2D eigenvalue weighted by atomic mass is 35.5. The van der Waals surface area contributed by atoms with Gasteiger partial charge in [-0.2, -0.15) is 0 Å². The van der Waals surface area contributed by atoms with Crippen LogP contribution in [0.2, 0.25) is 5.02 Å². The molecular weight excluding hydrogens is 240 g/mol. The summed E-state index contributed by atoms with van der Waals surface area (Å²) in [5, 5.41) is 1.01. The van der Waals surface area contributed by atoms with Crippen molar-refractivity contribution in [3.05, 3.63) is 39.4 Å². The maximum Gasteiger partial charge on any atom is 0.258 e. The maximum absolute atomic E-state index is 11.9. The maximum atomic E-state index is 11.9. The Bertz CT molecular complexity index is 617. The first-order valence-corrected chi connectivity index (χ1v) is 5.93. The van der Waals surface area contributed by atoms with Crippen molar-refractivity contribution < 1.29 is 4.74 Å². The lowest BCUT2D eigenvalue weighted by Gasteiger charge is -2.09. The lowest BCUT2D eigenvalue weighted by atomic mass is 10.2. The van der Waals surface area contributed by atoms with E-state index in [4.69, 9.17) is 16.3 Å². The molecule has 2 aromatic rings. The number of benzene rings is 1. The van der Waals surface area contributed by atoms with Crippen molar-refractivity contribution in [3.63, 3.8) is 0 Å². The summed E-state index contributed by atoms with van der Waals surface area (Å²) in [6.07, 6.45) is 1.77. The Balaban J connectivity index is 2.22. The number of nitrogens with one attached hydrogen (secondary N) is 1. The summed E-state index contributed by atoms with van der Waals surface area (Å²) in [5.74, 6) is 0.577. The predicted molar refractivity (Wildman–Crippen MR) is 65.3 cm³/mol. The van der Waals surface area contributed by atoms with Crippen molar-refractivity contribution in [2.24, 2.45) is 0 Å². The lowest BCUT2D eigenvalue weighted by Crippen LogP contribution is -2.14. The molecule has 1 atom stereocenters. The van der Waals surface area contributed by atoms with Gasteiger partial charge in [0.05, 0.1) is 15.9 Å². The standard InChI is InChI=1S/C12H11ClN2O2/c13-8-4-1-3-7-10(8)14-11(15-12(7)16)9-5-2-6-17-9/h1,3-4,9H,2,5-6H2,(H,14,15,16)/t9-/m0/s1. The number of aromatic nitrogens is 2. The van der Waals surface area contributed by atoms with Gasteiger partial charge >= 0.3 is 0 Å². The molecule has 88 valence electrons. The third-order valence-electron chi connectivity index (χ3n) is 2.94. The van der Waals surface area contributed by atoms with Gasteiger partial charge in [-0.25, -0.2) is 4.98 Å². The van der Waals surface area contributed by atoms with Gasteiger partial charge in [0.15, 0.2) is 0 Å². The van der Waals surface area contributed by atoms with Crippen LogP contribution in [-0.2, 0) is 4.74 Å². The third-order valence-corrected chi connectivity index (χ3v) is 3.24. The third kappa shape index (κ3) is 1.83. The van der Waals surface area contributed by atoms with E-state index < -0.39 is 0 Å². The SMILES string of the molecule is O=c1[nH]c([C@@H]2CCCO2)nc2c(Cl)cccc12. The van der Waals surface area contributed by atoms with Crippen molar-refractivity contribution in [1.82, 2.24) is 9.97 Å². The smallest absolute Gasteiger partial charge is 0.258 e. The van der Waals surface area contributed by atoms with Gasteiger partial charge in [-0.3, -0.25) is 4.79 Å². The minimum absolute atomic E-state index is 0.108. The van der Waals surface area contributed by atoms with Gasteiger partial charge in [-0.05, 0) is 25.0 Å². The quantitative estimate of drug-likeness (QED) is 0.846. The number of hydrogen-bond acceptors (Lipinski definition) is 3. The second-order valence-corrected chi connectivity index (χ2v) is 4.50. The van der Waals surface area contributed by atoms with Crippen LogP contribution >= 0.6 is 11.6 Å². The molecule has 1 aliphatic rings. The van der Waals surface area contributed by atoms with E-state index in [0.717, 1.165) is 19.4 Å². The Kier molecular flexibility index (Phi) is 2.61. The van der Waals surface area contributed by atoms with E-state index in [9.17, 15) is 4.79 Å². The highest BCUT2D eigenvalue weighted by molar-refractivity contribution is 6.34. The van der Waals surface area contributed by atoms with Gasteiger partial charge in [0.25, 0.3) is 5.56 Å². The molecule has 2 heterocycles. The van der Waals surface area contributed by atoms with Crippen molar-refractivity contribution in [3.8, 4) is 0 Å². The number of nitrogens with zero attached hydrogens (tertiary/aromatic N) is 1. The molecule has 5 heteroatoms. The molecule has 1 saturated heterocycles. The van der Waals surface area contributed by atoms with Gasteiger partial charge in [-0.1, -0.05) is 17.7 Å². The highest BCUT2D eigenvalue weighted by Crippen LogP contribution is 2.27. The largest absolute Gasteiger partial charge is 0.370 e. The Morgan fingerprint density at radius 1 is 1.47 bits per heavy atom. The fourth-order valence-electron chi connectivity index (χ4n) is 2.09. The van der Waals surface area contributed by atoms with Crippen molar-refractivity contribution in [2.45, 2.75) is 18.9 Å². The van der Waals surface area contributed by atoms with Crippen LogP contribution in [0.4, 0.5) is 0 Å². The molecule has 1 aliphatic heterocycles. The molecule has 4 nitrogen and oxygen atoms in total. The Hall–Kier alpha value is -1.39. The summed E-state index contributed by atoms with van der Waals surface area (Å²) in [6.45, 7) is 0.717. The van der Waals surface area contributed by atoms with Gasteiger partial charge in [0.2, 0.25) is 0 Å². The zero-order valence-corrected chi connectivity index (χ0v) is 9.83. The molecule has 1 aromatic carbocycles. The van der Waals surface area contributed by atoms with Crippen LogP contribution in [0, 0.1) is 0 Å². The Labute approximate surface area is 103 Å².